The second-order valence-electron chi connectivity index (χ2n) is 7.92. The van der Waals surface area contributed by atoms with E-state index in [2.05, 4.69) is 20.9 Å². The number of likely N-dealkylation sites (tertiary alicyclic amines) is 1. The molecule has 2 heterocycles. The Morgan fingerprint density at radius 1 is 1.03 bits per heavy atom. The summed E-state index contributed by atoms with van der Waals surface area (Å²) in [5.41, 5.74) is 1.51. The number of alkyl halides is 1. The van der Waals surface area contributed by atoms with Crippen LogP contribution in [0.1, 0.15) is 17.7 Å². The quantitative estimate of drug-likeness (QED) is 0.388. The first-order valence-corrected chi connectivity index (χ1v) is 11.6. The Bertz CT molecular complexity index is 1210. The maximum absolute atomic E-state index is 15.3. The molecule has 0 bridgehead atoms. The third kappa shape index (κ3) is 5.31. The number of amides is 1. The van der Waals surface area contributed by atoms with Crippen molar-refractivity contribution in [3.05, 3.63) is 87.4 Å². The molecule has 0 spiro atoms. The van der Waals surface area contributed by atoms with E-state index in [-0.39, 0.29) is 42.8 Å². The highest BCUT2D eigenvalue weighted by molar-refractivity contribution is 9.10. The topological polar surface area (TPSA) is 50.3 Å². The van der Waals surface area contributed by atoms with Crippen LogP contribution in [0.25, 0.3) is 11.1 Å². The van der Waals surface area contributed by atoms with Gasteiger partial charge in [0.25, 0.3) is 0 Å². The summed E-state index contributed by atoms with van der Waals surface area (Å²) < 4.78 is 30.1. The summed E-state index contributed by atoms with van der Waals surface area (Å²) in [5, 5.41) is 0.397. The predicted octanol–water partition coefficient (Wildman–Crippen LogP) is 5.60. The third-order valence-electron chi connectivity index (χ3n) is 5.65. The van der Waals surface area contributed by atoms with E-state index < -0.39 is 23.8 Å². The smallest absolute Gasteiger partial charge is 0.229 e. The Morgan fingerprint density at radius 2 is 1.76 bits per heavy atom. The zero-order valence-corrected chi connectivity index (χ0v) is 19.8. The minimum atomic E-state index is -1.31. The standard InChI is InChI=1S/C25H20BrClF2N2O2/c26-23-10-4-6-17(30-23)13-24(33)31-14-16(28)12-21(31)22(32)11-15-5-3-8-19(25(15)29)18-7-1-2-9-20(18)27/h1-10,16,21H,11-14H2/t16-,21+/m1/s1. The van der Waals surface area contributed by atoms with E-state index in [0.717, 1.165) is 0 Å². The number of hydrogen-bond acceptors (Lipinski definition) is 3. The van der Waals surface area contributed by atoms with Crippen molar-refractivity contribution in [3.63, 3.8) is 0 Å². The number of hydrogen-bond donors (Lipinski definition) is 0. The maximum atomic E-state index is 15.3. The van der Waals surface area contributed by atoms with Crippen molar-refractivity contribution in [2.24, 2.45) is 0 Å². The van der Waals surface area contributed by atoms with Crippen molar-refractivity contribution in [1.82, 2.24) is 9.88 Å². The van der Waals surface area contributed by atoms with E-state index in [0.29, 0.717) is 20.9 Å². The molecule has 1 aromatic heterocycles. The van der Waals surface area contributed by atoms with Crippen LogP contribution < -0.4 is 0 Å². The third-order valence-corrected chi connectivity index (χ3v) is 6.43. The van der Waals surface area contributed by atoms with Crippen LogP contribution in [0.4, 0.5) is 8.78 Å². The van der Waals surface area contributed by atoms with Crippen molar-refractivity contribution >= 4 is 39.2 Å². The fourth-order valence-corrected chi connectivity index (χ4v) is 4.70. The van der Waals surface area contributed by atoms with Crippen molar-refractivity contribution in [2.45, 2.75) is 31.5 Å². The fraction of sp³-hybridized carbons (Fsp3) is 0.240. The first-order valence-electron chi connectivity index (χ1n) is 10.4. The highest BCUT2D eigenvalue weighted by Gasteiger charge is 2.39. The average molecular weight is 534 g/mol. The van der Waals surface area contributed by atoms with Crippen LogP contribution in [0.15, 0.2) is 65.3 Å². The van der Waals surface area contributed by atoms with E-state index in [1.807, 2.05) is 0 Å². The van der Waals surface area contributed by atoms with Gasteiger partial charge >= 0.3 is 0 Å². The molecule has 2 aromatic carbocycles. The Labute approximate surface area is 203 Å². The minimum Gasteiger partial charge on any atom is -0.329 e. The van der Waals surface area contributed by atoms with Gasteiger partial charge in [-0.3, -0.25) is 9.59 Å². The summed E-state index contributed by atoms with van der Waals surface area (Å²) in [7, 11) is 0. The van der Waals surface area contributed by atoms with Crippen LogP contribution in [0, 0.1) is 5.82 Å². The molecule has 0 N–H and O–H groups in total. The second kappa shape index (κ2) is 10.1. The van der Waals surface area contributed by atoms with Gasteiger partial charge in [-0.15, -0.1) is 0 Å². The number of nitrogens with zero attached hydrogens (tertiary/aromatic N) is 2. The van der Waals surface area contributed by atoms with Gasteiger partial charge in [-0.1, -0.05) is 54.1 Å². The number of rotatable bonds is 6. The molecule has 1 aliphatic heterocycles. The molecule has 8 heteroatoms. The number of benzene rings is 2. The van der Waals surface area contributed by atoms with Gasteiger partial charge < -0.3 is 4.90 Å². The molecular weight excluding hydrogens is 514 g/mol. The summed E-state index contributed by atoms with van der Waals surface area (Å²) in [5.74, 6) is -1.34. The molecule has 1 saturated heterocycles. The zero-order chi connectivity index (χ0) is 23.5. The summed E-state index contributed by atoms with van der Waals surface area (Å²) in [6, 6.07) is 15.9. The number of Topliss-reactive ketones (excluding diaryl/α,β-unsaturated/α-hetero) is 1. The Morgan fingerprint density at radius 3 is 2.52 bits per heavy atom. The molecule has 1 aliphatic rings. The van der Waals surface area contributed by atoms with Crippen LogP contribution >= 0.6 is 27.5 Å². The summed E-state index contributed by atoms with van der Waals surface area (Å²) in [6.45, 7) is -0.161. The van der Waals surface area contributed by atoms with Gasteiger partial charge in [0, 0.05) is 29.0 Å². The predicted molar refractivity (Wildman–Crippen MR) is 126 cm³/mol. The van der Waals surface area contributed by atoms with Crippen molar-refractivity contribution in [3.8, 4) is 11.1 Å². The first-order chi connectivity index (χ1) is 15.8. The largest absolute Gasteiger partial charge is 0.329 e. The normalized spacial score (nSPS) is 17.9. The van der Waals surface area contributed by atoms with Crippen molar-refractivity contribution in [2.75, 3.05) is 6.54 Å². The van der Waals surface area contributed by atoms with Crippen molar-refractivity contribution < 1.29 is 18.4 Å². The molecule has 2 atom stereocenters. The summed E-state index contributed by atoms with van der Waals surface area (Å²) in [4.78, 5) is 31.4. The lowest BCUT2D eigenvalue weighted by Crippen LogP contribution is -2.42. The molecule has 0 unspecified atom stereocenters. The van der Waals surface area contributed by atoms with Gasteiger partial charge in [0.15, 0.2) is 5.78 Å². The molecule has 4 rings (SSSR count). The van der Waals surface area contributed by atoms with Crippen LogP contribution in [-0.4, -0.2) is 40.3 Å². The molecule has 0 radical (unpaired) electrons. The van der Waals surface area contributed by atoms with E-state index in [9.17, 15) is 14.0 Å². The molecule has 170 valence electrons. The number of carbonyl (C=O) groups excluding carboxylic acids is 2. The molecule has 0 aliphatic carbocycles. The summed E-state index contributed by atoms with van der Waals surface area (Å²) in [6.07, 6.45) is -1.70. The number of carbonyl (C=O) groups is 2. The number of ketones is 1. The molecular formula is C25H20BrClF2N2O2. The molecule has 1 amide bonds. The van der Waals surface area contributed by atoms with Crippen molar-refractivity contribution in [1.29, 1.82) is 0 Å². The van der Waals surface area contributed by atoms with Gasteiger partial charge in [0.05, 0.1) is 24.7 Å². The number of pyridine rings is 1. The summed E-state index contributed by atoms with van der Waals surface area (Å²) >= 11 is 9.47. The molecule has 33 heavy (non-hydrogen) atoms. The van der Waals surface area contributed by atoms with E-state index in [1.54, 1.807) is 54.6 Å². The van der Waals surface area contributed by atoms with E-state index >= 15 is 4.39 Å². The number of aromatic nitrogens is 1. The minimum absolute atomic E-state index is 0.0493. The number of halogens is 4. The lowest BCUT2D eigenvalue weighted by molar-refractivity contribution is -0.137. The Hall–Kier alpha value is -2.64. The van der Waals surface area contributed by atoms with Gasteiger partial charge in [-0.05, 0) is 39.7 Å². The molecule has 0 saturated carbocycles. The van der Waals surface area contributed by atoms with Gasteiger partial charge in [-0.25, -0.2) is 13.8 Å². The SMILES string of the molecule is O=C(Cc1cccc(-c2ccccc2Cl)c1F)[C@@H]1C[C@@H](F)CN1C(=O)Cc1cccc(Br)n1. The first kappa shape index (κ1) is 23.5. The Kier molecular flexibility index (Phi) is 7.20. The molecule has 4 nitrogen and oxygen atoms in total. The molecule has 3 aromatic rings. The zero-order valence-electron chi connectivity index (χ0n) is 17.5. The van der Waals surface area contributed by atoms with Gasteiger partial charge in [0.1, 0.15) is 16.6 Å². The highest BCUT2D eigenvalue weighted by atomic mass is 79.9. The van der Waals surface area contributed by atoms with Crippen LogP contribution in [-0.2, 0) is 22.4 Å². The Balaban J connectivity index is 1.53. The van der Waals surface area contributed by atoms with Gasteiger partial charge in [0.2, 0.25) is 5.91 Å². The van der Waals surface area contributed by atoms with E-state index in [4.69, 9.17) is 11.6 Å². The van der Waals surface area contributed by atoms with Crippen LogP contribution in [0.3, 0.4) is 0 Å². The van der Waals surface area contributed by atoms with Gasteiger partial charge in [-0.2, -0.15) is 0 Å². The van der Waals surface area contributed by atoms with Crippen LogP contribution in [0.2, 0.25) is 5.02 Å². The average Bonchev–Trinajstić information content (AvgIpc) is 3.18. The highest BCUT2D eigenvalue weighted by Crippen LogP contribution is 2.32. The lowest BCUT2D eigenvalue weighted by atomic mass is 9.96. The monoisotopic (exact) mass is 532 g/mol. The van der Waals surface area contributed by atoms with Crippen LogP contribution in [0.5, 0.6) is 0 Å². The van der Waals surface area contributed by atoms with E-state index in [1.165, 1.54) is 11.0 Å². The molecule has 1 fully saturated rings. The second-order valence-corrected chi connectivity index (χ2v) is 9.14. The maximum Gasteiger partial charge on any atom is 0.229 e. The lowest BCUT2D eigenvalue weighted by Gasteiger charge is -2.23. The fourth-order valence-electron chi connectivity index (χ4n) is 4.08.